The third-order valence-corrected chi connectivity index (χ3v) is 2.38. The van der Waals surface area contributed by atoms with Crippen LogP contribution in [0.1, 0.15) is 13.3 Å². The zero-order chi connectivity index (χ0) is 13.5. The van der Waals surface area contributed by atoms with Crippen LogP contribution in [0, 0.1) is 62.6 Å². The van der Waals surface area contributed by atoms with Gasteiger partial charge in [-0.3, -0.25) is 4.79 Å². The van der Waals surface area contributed by atoms with Crippen molar-refractivity contribution in [3.8, 4) is 24.3 Å². The van der Waals surface area contributed by atoms with Gasteiger partial charge in [-0.05, 0) is 6.42 Å². The van der Waals surface area contributed by atoms with Crippen LogP contribution in [0.25, 0.3) is 0 Å². The van der Waals surface area contributed by atoms with Gasteiger partial charge in [0, 0.05) is 0 Å². The summed E-state index contributed by atoms with van der Waals surface area (Å²) in [5, 5.41) is 35.5. The van der Waals surface area contributed by atoms with Crippen LogP contribution in [0.5, 0.6) is 0 Å². The first-order valence-corrected chi connectivity index (χ1v) is 4.70. The van der Waals surface area contributed by atoms with Gasteiger partial charge in [-0.2, -0.15) is 21.0 Å². The van der Waals surface area contributed by atoms with Gasteiger partial charge in [0.2, 0.25) is 0 Å². The van der Waals surface area contributed by atoms with Gasteiger partial charge in [-0.25, -0.2) is 0 Å². The van der Waals surface area contributed by atoms with Gasteiger partial charge in [0.05, 0.1) is 37.3 Å². The van der Waals surface area contributed by atoms with Crippen molar-refractivity contribution in [3.63, 3.8) is 0 Å². The number of hydrogen-bond donors (Lipinski definition) is 0. The maximum Gasteiger partial charge on any atom is 0.308 e. The largest absolute Gasteiger partial charge is 0.469 e. The first-order valence-electron chi connectivity index (χ1n) is 4.70. The number of nitrogens with zero attached hydrogens (tertiary/aromatic N) is 4. The predicted octanol–water partition coefficient (Wildman–Crippen LogP) is 0.883. The highest BCUT2D eigenvalue weighted by Gasteiger charge is 2.43. The molecule has 0 saturated carbocycles. The number of nitriles is 4. The van der Waals surface area contributed by atoms with Gasteiger partial charge >= 0.3 is 5.97 Å². The molecule has 0 aromatic rings. The van der Waals surface area contributed by atoms with Gasteiger partial charge in [-0.1, -0.05) is 6.92 Å². The van der Waals surface area contributed by atoms with Crippen molar-refractivity contribution >= 4 is 5.97 Å². The number of esters is 1. The fraction of sp³-hybridized carbons (Fsp3) is 0.545. The van der Waals surface area contributed by atoms with Crippen LogP contribution in [-0.2, 0) is 9.53 Å². The number of hydrogen-bond acceptors (Lipinski definition) is 6. The predicted molar refractivity (Wildman–Crippen MR) is 54.2 cm³/mol. The Bertz CT molecular complexity index is 430. The maximum absolute atomic E-state index is 11.2. The molecule has 0 N–H and O–H groups in total. The van der Waals surface area contributed by atoms with E-state index in [1.807, 2.05) is 0 Å². The molecule has 6 heteroatoms. The van der Waals surface area contributed by atoms with Gasteiger partial charge in [-0.15, -0.1) is 0 Å². The number of rotatable bonds is 4. The molecule has 0 fully saturated rings. The molecule has 0 spiro atoms. The van der Waals surface area contributed by atoms with E-state index in [2.05, 4.69) is 4.74 Å². The number of ether oxygens (including phenoxy) is 1. The summed E-state index contributed by atoms with van der Waals surface area (Å²) >= 11 is 0. The molecule has 0 heterocycles. The summed E-state index contributed by atoms with van der Waals surface area (Å²) < 4.78 is 4.47. The van der Waals surface area contributed by atoms with Crippen LogP contribution in [0.3, 0.4) is 0 Å². The van der Waals surface area contributed by atoms with Crippen molar-refractivity contribution in [2.75, 3.05) is 7.11 Å². The summed E-state index contributed by atoms with van der Waals surface area (Å²) in [6.45, 7) is 1.47. The Balaban J connectivity index is 5.24. The second-order valence-electron chi connectivity index (χ2n) is 3.51. The van der Waals surface area contributed by atoms with E-state index in [1.165, 1.54) is 14.0 Å². The molecule has 0 amide bonds. The Kier molecular flexibility index (Phi) is 5.19. The highest BCUT2D eigenvalue weighted by Crippen LogP contribution is 2.33. The van der Waals surface area contributed by atoms with E-state index in [4.69, 9.17) is 21.0 Å². The quantitative estimate of drug-likeness (QED) is 0.660. The molecule has 0 aliphatic heterocycles. The van der Waals surface area contributed by atoms with E-state index in [0.717, 1.165) is 0 Å². The molecular weight excluding hydrogens is 220 g/mol. The molecule has 0 rings (SSSR count). The lowest BCUT2D eigenvalue weighted by molar-refractivity contribution is -0.145. The summed E-state index contributed by atoms with van der Waals surface area (Å²) in [4.78, 5) is 11.2. The molecule has 0 aliphatic rings. The highest BCUT2D eigenvalue weighted by molar-refractivity contribution is 5.72. The lowest BCUT2D eigenvalue weighted by Gasteiger charge is -2.21. The standard InChI is InChI=1S/C11H10N4O2/c1-8(10(16)17-2)3-11(6-14,7-15)9(4-12)5-13/h8-9H,3H2,1-2H3. The van der Waals surface area contributed by atoms with Gasteiger partial charge < -0.3 is 4.74 Å². The lowest BCUT2D eigenvalue weighted by atomic mass is 9.73. The number of methoxy groups -OCH3 is 1. The van der Waals surface area contributed by atoms with Crippen molar-refractivity contribution in [1.82, 2.24) is 0 Å². The maximum atomic E-state index is 11.2. The third kappa shape index (κ3) is 2.94. The highest BCUT2D eigenvalue weighted by atomic mass is 16.5. The topological polar surface area (TPSA) is 121 Å². The van der Waals surface area contributed by atoms with E-state index in [-0.39, 0.29) is 6.42 Å². The summed E-state index contributed by atoms with van der Waals surface area (Å²) in [7, 11) is 1.19. The van der Waals surface area contributed by atoms with Crippen molar-refractivity contribution in [2.45, 2.75) is 13.3 Å². The Morgan fingerprint density at radius 1 is 1.24 bits per heavy atom. The van der Waals surface area contributed by atoms with Crippen LogP contribution < -0.4 is 0 Å². The van der Waals surface area contributed by atoms with E-state index in [1.54, 1.807) is 24.3 Å². The van der Waals surface area contributed by atoms with E-state index in [0.29, 0.717) is 0 Å². The molecule has 0 bridgehead atoms. The summed E-state index contributed by atoms with van der Waals surface area (Å²) in [5.74, 6) is -2.72. The Morgan fingerprint density at radius 2 is 1.71 bits per heavy atom. The molecule has 1 unspecified atom stereocenters. The fourth-order valence-corrected chi connectivity index (χ4v) is 1.38. The smallest absolute Gasteiger partial charge is 0.308 e. The van der Waals surface area contributed by atoms with Gasteiger partial charge in [0.15, 0.2) is 11.3 Å². The van der Waals surface area contributed by atoms with Gasteiger partial charge in [0.25, 0.3) is 0 Å². The SMILES string of the molecule is COC(=O)C(C)CC(C#N)(C#N)C(C#N)C#N. The fourth-order valence-electron chi connectivity index (χ4n) is 1.38. The molecule has 0 aliphatic carbocycles. The number of carbonyl (C=O) groups is 1. The summed E-state index contributed by atoms with van der Waals surface area (Å²) in [6, 6.07) is 6.52. The molecule has 0 aromatic carbocycles. The van der Waals surface area contributed by atoms with Crippen LogP contribution in [-0.4, -0.2) is 13.1 Å². The summed E-state index contributed by atoms with van der Waals surface area (Å²) in [6.07, 6.45) is -0.210. The normalized spacial score (nSPS) is 11.5. The van der Waals surface area contributed by atoms with E-state index >= 15 is 0 Å². The molecule has 0 radical (unpaired) electrons. The van der Waals surface area contributed by atoms with Crippen molar-refractivity contribution < 1.29 is 9.53 Å². The zero-order valence-corrected chi connectivity index (χ0v) is 9.47. The third-order valence-electron chi connectivity index (χ3n) is 2.38. The van der Waals surface area contributed by atoms with Crippen LogP contribution in [0.15, 0.2) is 0 Å². The van der Waals surface area contributed by atoms with Crippen molar-refractivity contribution in [1.29, 1.82) is 21.0 Å². The Labute approximate surface area is 99.2 Å². The Hall–Kier alpha value is -2.57. The van der Waals surface area contributed by atoms with Crippen molar-refractivity contribution in [3.05, 3.63) is 0 Å². The summed E-state index contributed by atoms with van der Waals surface area (Å²) in [5.41, 5.74) is -1.81. The number of carbonyl (C=O) groups excluding carboxylic acids is 1. The molecule has 6 nitrogen and oxygen atoms in total. The van der Waals surface area contributed by atoms with Crippen LogP contribution >= 0.6 is 0 Å². The monoisotopic (exact) mass is 230 g/mol. The van der Waals surface area contributed by atoms with Gasteiger partial charge in [0.1, 0.15) is 0 Å². The second kappa shape index (κ2) is 6.11. The van der Waals surface area contributed by atoms with Crippen LogP contribution in [0.2, 0.25) is 0 Å². The molecule has 86 valence electrons. The zero-order valence-electron chi connectivity index (χ0n) is 9.47. The second-order valence-corrected chi connectivity index (χ2v) is 3.51. The lowest BCUT2D eigenvalue weighted by Crippen LogP contribution is -2.30. The molecule has 0 aromatic heterocycles. The first-order chi connectivity index (χ1) is 8.01. The average Bonchev–Trinajstić information content (AvgIpc) is 2.37. The van der Waals surface area contributed by atoms with E-state index in [9.17, 15) is 4.79 Å². The Morgan fingerprint density at radius 3 is 2.00 bits per heavy atom. The molecule has 1 atom stereocenters. The first kappa shape index (κ1) is 14.4. The molecule has 17 heavy (non-hydrogen) atoms. The average molecular weight is 230 g/mol. The minimum absolute atomic E-state index is 0.210. The molecule has 0 saturated heterocycles. The van der Waals surface area contributed by atoms with Crippen LogP contribution in [0.4, 0.5) is 0 Å². The molecular formula is C11H10N4O2. The van der Waals surface area contributed by atoms with E-state index < -0.39 is 23.2 Å². The minimum Gasteiger partial charge on any atom is -0.469 e. The van der Waals surface area contributed by atoms with Crippen molar-refractivity contribution in [2.24, 2.45) is 17.3 Å². The minimum atomic E-state index is -1.81.